The third-order valence-corrected chi connectivity index (χ3v) is 3.48. The lowest BCUT2D eigenvalue weighted by atomic mass is 10.1. The molecule has 0 spiro atoms. The predicted octanol–water partition coefficient (Wildman–Crippen LogP) is 5.10. The lowest BCUT2D eigenvalue weighted by Gasteiger charge is -2.05. The average Bonchev–Trinajstić information content (AvgIpc) is 2.50. The lowest BCUT2D eigenvalue weighted by Crippen LogP contribution is -2.00. The highest BCUT2D eigenvalue weighted by Gasteiger charge is 1.94. The minimum Gasteiger partial charge on any atom is -0.381 e. The summed E-state index contributed by atoms with van der Waals surface area (Å²) in [6, 6.07) is 0. The molecule has 0 saturated heterocycles. The molecule has 0 atom stereocenters. The highest BCUT2D eigenvalue weighted by atomic mass is 16.7. The zero-order valence-electron chi connectivity index (χ0n) is 14.1. The smallest absolute Gasteiger partial charge is 0.146 e. The Kier molecular flexibility index (Phi) is 19.3. The number of hydrogen-bond donors (Lipinski definition) is 0. The topological polar surface area (TPSA) is 27.7 Å². The summed E-state index contributed by atoms with van der Waals surface area (Å²) in [4.78, 5) is 0. The van der Waals surface area contributed by atoms with Gasteiger partial charge in [0.1, 0.15) is 6.79 Å². The van der Waals surface area contributed by atoms with E-state index in [1.807, 2.05) is 6.08 Å². The monoisotopic (exact) mass is 300 g/mol. The Morgan fingerprint density at radius 1 is 0.667 bits per heavy atom. The van der Waals surface area contributed by atoms with Gasteiger partial charge in [-0.3, -0.25) is 0 Å². The minimum absolute atomic E-state index is 0.407. The van der Waals surface area contributed by atoms with E-state index in [-0.39, 0.29) is 0 Å². The molecule has 0 saturated carbocycles. The summed E-state index contributed by atoms with van der Waals surface area (Å²) in [5.74, 6) is 0. The largest absolute Gasteiger partial charge is 0.381 e. The first-order chi connectivity index (χ1) is 10.4. The molecule has 3 heteroatoms. The van der Waals surface area contributed by atoms with Crippen molar-refractivity contribution in [3.63, 3.8) is 0 Å². The molecule has 21 heavy (non-hydrogen) atoms. The van der Waals surface area contributed by atoms with Gasteiger partial charge in [0, 0.05) is 26.9 Å². The fourth-order valence-electron chi connectivity index (χ4n) is 2.21. The van der Waals surface area contributed by atoms with E-state index < -0.39 is 0 Å². The van der Waals surface area contributed by atoms with Crippen LogP contribution in [0, 0.1) is 0 Å². The Morgan fingerprint density at radius 2 is 1.14 bits per heavy atom. The third-order valence-electron chi connectivity index (χ3n) is 3.48. The Morgan fingerprint density at radius 3 is 1.71 bits per heavy atom. The van der Waals surface area contributed by atoms with E-state index >= 15 is 0 Å². The van der Waals surface area contributed by atoms with E-state index in [9.17, 15) is 0 Å². The molecule has 0 aliphatic rings. The SMILES string of the molecule is C=CCCCCCCCCCOCCCCCOCOC. The average molecular weight is 300 g/mol. The second kappa shape index (κ2) is 19.6. The molecule has 0 amide bonds. The summed E-state index contributed by atoms with van der Waals surface area (Å²) in [6.07, 6.45) is 15.9. The zero-order chi connectivity index (χ0) is 15.4. The molecule has 0 aromatic heterocycles. The van der Waals surface area contributed by atoms with Gasteiger partial charge in [-0.25, -0.2) is 0 Å². The van der Waals surface area contributed by atoms with E-state index in [1.54, 1.807) is 7.11 Å². The maximum absolute atomic E-state index is 5.64. The molecular weight excluding hydrogens is 264 g/mol. The van der Waals surface area contributed by atoms with Crippen molar-refractivity contribution in [1.29, 1.82) is 0 Å². The van der Waals surface area contributed by atoms with Crippen LogP contribution in [0.25, 0.3) is 0 Å². The molecule has 0 aliphatic carbocycles. The molecule has 0 aromatic carbocycles. The molecule has 0 radical (unpaired) electrons. The van der Waals surface area contributed by atoms with E-state index in [0.717, 1.165) is 32.7 Å². The quantitative estimate of drug-likeness (QED) is 0.200. The van der Waals surface area contributed by atoms with Crippen molar-refractivity contribution < 1.29 is 14.2 Å². The molecule has 3 nitrogen and oxygen atoms in total. The first kappa shape index (κ1) is 20.6. The summed E-state index contributed by atoms with van der Waals surface area (Å²) >= 11 is 0. The summed E-state index contributed by atoms with van der Waals surface area (Å²) in [6.45, 7) is 6.77. The second-order valence-corrected chi connectivity index (χ2v) is 5.54. The van der Waals surface area contributed by atoms with Crippen molar-refractivity contribution in [1.82, 2.24) is 0 Å². The Hall–Kier alpha value is -0.380. The first-order valence-electron chi connectivity index (χ1n) is 8.67. The van der Waals surface area contributed by atoms with Gasteiger partial charge in [-0.15, -0.1) is 6.58 Å². The molecule has 0 aliphatic heterocycles. The van der Waals surface area contributed by atoms with Gasteiger partial charge in [0.05, 0.1) is 0 Å². The van der Waals surface area contributed by atoms with E-state index in [4.69, 9.17) is 14.2 Å². The van der Waals surface area contributed by atoms with E-state index in [0.29, 0.717) is 6.79 Å². The highest BCUT2D eigenvalue weighted by molar-refractivity contribution is 4.65. The lowest BCUT2D eigenvalue weighted by molar-refractivity contribution is -0.0318. The molecule has 126 valence electrons. The number of hydrogen-bond acceptors (Lipinski definition) is 3. The second-order valence-electron chi connectivity index (χ2n) is 5.54. The molecule has 0 aromatic rings. The van der Waals surface area contributed by atoms with Gasteiger partial charge in [-0.2, -0.15) is 0 Å². The van der Waals surface area contributed by atoms with Crippen molar-refractivity contribution >= 4 is 0 Å². The predicted molar refractivity (Wildman–Crippen MR) is 89.6 cm³/mol. The first-order valence-corrected chi connectivity index (χ1v) is 8.67. The van der Waals surface area contributed by atoms with Crippen molar-refractivity contribution in [3.8, 4) is 0 Å². The van der Waals surface area contributed by atoms with Crippen LogP contribution in [0.2, 0.25) is 0 Å². The van der Waals surface area contributed by atoms with Gasteiger partial charge in [-0.05, 0) is 38.5 Å². The Labute approximate surface area is 132 Å². The van der Waals surface area contributed by atoms with Crippen LogP contribution in [-0.4, -0.2) is 33.7 Å². The van der Waals surface area contributed by atoms with Gasteiger partial charge < -0.3 is 14.2 Å². The Balaban J connectivity index is 2.91. The van der Waals surface area contributed by atoms with Crippen LogP contribution in [0.1, 0.15) is 70.6 Å². The van der Waals surface area contributed by atoms with Gasteiger partial charge >= 0.3 is 0 Å². The normalized spacial score (nSPS) is 10.9. The van der Waals surface area contributed by atoms with Crippen LogP contribution in [0.3, 0.4) is 0 Å². The maximum Gasteiger partial charge on any atom is 0.146 e. The zero-order valence-corrected chi connectivity index (χ0v) is 14.1. The van der Waals surface area contributed by atoms with Gasteiger partial charge in [-0.1, -0.05) is 38.2 Å². The van der Waals surface area contributed by atoms with Crippen molar-refractivity contribution in [2.75, 3.05) is 33.7 Å². The summed E-state index contributed by atoms with van der Waals surface area (Å²) < 4.78 is 15.7. The fraction of sp³-hybridized carbons (Fsp3) is 0.889. The summed E-state index contributed by atoms with van der Waals surface area (Å²) in [5.41, 5.74) is 0. The molecule has 0 rings (SSSR count). The standard InChI is InChI=1S/C18H36O3/c1-3-4-5-6-7-8-9-10-12-15-20-16-13-11-14-17-21-18-19-2/h3H,1,4-18H2,2H3. The van der Waals surface area contributed by atoms with E-state index in [1.165, 1.54) is 57.8 Å². The van der Waals surface area contributed by atoms with Crippen molar-refractivity contribution in [3.05, 3.63) is 12.7 Å². The molecule has 0 N–H and O–H groups in total. The third kappa shape index (κ3) is 19.6. The van der Waals surface area contributed by atoms with Crippen LogP contribution in [-0.2, 0) is 14.2 Å². The van der Waals surface area contributed by atoms with E-state index in [2.05, 4.69) is 6.58 Å². The molecule has 0 fully saturated rings. The highest BCUT2D eigenvalue weighted by Crippen LogP contribution is 2.08. The number of allylic oxidation sites excluding steroid dienone is 1. The van der Waals surface area contributed by atoms with Crippen molar-refractivity contribution in [2.45, 2.75) is 70.6 Å². The molecular formula is C18H36O3. The van der Waals surface area contributed by atoms with Crippen LogP contribution in [0.5, 0.6) is 0 Å². The molecule has 0 unspecified atom stereocenters. The minimum atomic E-state index is 0.407. The molecule has 0 bridgehead atoms. The van der Waals surface area contributed by atoms with Crippen molar-refractivity contribution in [2.24, 2.45) is 0 Å². The van der Waals surface area contributed by atoms with Gasteiger partial charge in [0.2, 0.25) is 0 Å². The Bertz CT molecular complexity index is 195. The number of unbranched alkanes of at least 4 members (excludes halogenated alkanes) is 9. The number of ether oxygens (including phenoxy) is 3. The van der Waals surface area contributed by atoms with Crippen LogP contribution in [0.4, 0.5) is 0 Å². The van der Waals surface area contributed by atoms with Crippen LogP contribution < -0.4 is 0 Å². The summed E-state index contributed by atoms with van der Waals surface area (Å²) in [7, 11) is 1.65. The van der Waals surface area contributed by atoms with Crippen LogP contribution in [0.15, 0.2) is 12.7 Å². The summed E-state index contributed by atoms with van der Waals surface area (Å²) in [5, 5.41) is 0. The molecule has 0 heterocycles. The van der Waals surface area contributed by atoms with Crippen LogP contribution >= 0.6 is 0 Å². The number of rotatable bonds is 18. The number of methoxy groups -OCH3 is 1. The maximum atomic E-state index is 5.64. The van der Waals surface area contributed by atoms with Gasteiger partial charge in [0.15, 0.2) is 0 Å². The fourth-order valence-corrected chi connectivity index (χ4v) is 2.21. The van der Waals surface area contributed by atoms with Gasteiger partial charge in [0.25, 0.3) is 0 Å².